The molecular formula is C12H22N4O3. The van der Waals surface area contributed by atoms with E-state index in [9.17, 15) is 9.59 Å². The maximum atomic E-state index is 12.3. The summed E-state index contributed by atoms with van der Waals surface area (Å²) in [5.41, 5.74) is 4.99. The summed E-state index contributed by atoms with van der Waals surface area (Å²) in [7, 11) is 0. The number of carbonyl (C=O) groups excluding carboxylic acids is 2. The van der Waals surface area contributed by atoms with Crippen LogP contribution in [0, 0.1) is 0 Å². The van der Waals surface area contributed by atoms with Gasteiger partial charge in [-0.25, -0.2) is 10.0 Å². The van der Waals surface area contributed by atoms with Gasteiger partial charge >= 0.3 is 0 Å². The number of rotatable bonds is 6. The van der Waals surface area contributed by atoms with E-state index in [1.54, 1.807) is 5.12 Å². The van der Waals surface area contributed by atoms with E-state index in [-0.39, 0.29) is 19.1 Å². The van der Waals surface area contributed by atoms with Crippen molar-refractivity contribution in [1.29, 1.82) is 0 Å². The van der Waals surface area contributed by atoms with Gasteiger partial charge in [-0.3, -0.25) is 9.59 Å². The number of hydrazine groups is 2. The fourth-order valence-corrected chi connectivity index (χ4v) is 2.57. The number of nitrogens with two attached hydrogens (primary N) is 1. The molecule has 2 amide bonds. The molecule has 2 fully saturated rings. The van der Waals surface area contributed by atoms with Crippen molar-refractivity contribution in [3.05, 3.63) is 0 Å². The third-order valence-electron chi connectivity index (χ3n) is 3.39. The van der Waals surface area contributed by atoms with Crippen molar-refractivity contribution in [2.75, 3.05) is 39.4 Å². The number of hydrogen-bond donors (Lipinski definition) is 1. The second-order valence-corrected chi connectivity index (χ2v) is 4.96. The summed E-state index contributed by atoms with van der Waals surface area (Å²) < 4.78 is 5.04. The van der Waals surface area contributed by atoms with E-state index in [0.717, 1.165) is 51.9 Å². The second-order valence-electron chi connectivity index (χ2n) is 4.96. The molecule has 0 aromatic heterocycles. The van der Waals surface area contributed by atoms with Crippen LogP contribution in [-0.4, -0.2) is 66.3 Å². The molecule has 0 unspecified atom stereocenters. The van der Waals surface area contributed by atoms with E-state index in [1.807, 2.05) is 0 Å². The third-order valence-corrected chi connectivity index (χ3v) is 3.39. The summed E-state index contributed by atoms with van der Waals surface area (Å²) in [6.45, 7) is 3.29. The normalized spacial score (nSPS) is 20.8. The van der Waals surface area contributed by atoms with Crippen molar-refractivity contribution in [2.45, 2.75) is 25.7 Å². The van der Waals surface area contributed by atoms with Crippen LogP contribution in [0.1, 0.15) is 25.7 Å². The Morgan fingerprint density at radius 3 is 1.84 bits per heavy atom. The molecule has 7 nitrogen and oxygen atoms in total. The standard InChI is InChI=1S/C12H22N4O3/c13-11(17)9-19-10-12(18)16(14-5-1-2-6-14)15-7-3-4-8-15/h1-10H2,(H2,13,17). The molecule has 2 rings (SSSR count). The summed E-state index contributed by atoms with van der Waals surface area (Å²) >= 11 is 0. The molecule has 2 saturated heterocycles. The Bertz CT molecular complexity index is 309. The summed E-state index contributed by atoms with van der Waals surface area (Å²) in [6, 6.07) is 0. The van der Waals surface area contributed by atoms with Gasteiger partial charge in [0, 0.05) is 26.2 Å². The molecule has 0 aliphatic carbocycles. The first-order valence-electron chi connectivity index (χ1n) is 6.87. The number of nitrogens with zero attached hydrogens (tertiary/aromatic N) is 3. The maximum Gasteiger partial charge on any atom is 0.277 e. The van der Waals surface area contributed by atoms with Crippen molar-refractivity contribution in [3.8, 4) is 0 Å². The smallest absolute Gasteiger partial charge is 0.277 e. The van der Waals surface area contributed by atoms with Gasteiger partial charge in [0.2, 0.25) is 5.91 Å². The molecule has 0 aromatic rings. The fraction of sp³-hybridized carbons (Fsp3) is 0.833. The molecule has 19 heavy (non-hydrogen) atoms. The Morgan fingerprint density at radius 2 is 1.42 bits per heavy atom. The molecule has 2 aliphatic rings. The van der Waals surface area contributed by atoms with Crippen LogP contribution < -0.4 is 5.73 Å². The summed E-state index contributed by atoms with van der Waals surface area (Å²) in [5.74, 6) is -0.674. The molecule has 2 heterocycles. The number of carbonyl (C=O) groups is 2. The molecular weight excluding hydrogens is 248 g/mol. The quantitative estimate of drug-likeness (QED) is 0.693. The van der Waals surface area contributed by atoms with Gasteiger partial charge in [-0.05, 0) is 25.7 Å². The van der Waals surface area contributed by atoms with E-state index in [4.69, 9.17) is 10.5 Å². The van der Waals surface area contributed by atoms with Gasteiger partial charge in [-0.15, -0.1) is 0 Å². The van der Waals surface area contributed by atoms with Crippen LogP contribution >= 0.6 is 0 Å². The minimum atomic E-state index is -0.554. The third kappa shape index (κ3) is 3.89. The zero-order chi connectivity index (χ0) is 13.7. The monoisotopic (exact) mass is 270 g/mol. The predicted molar refractivity (Wildman–Crippen MR) is 68.5 cm³/mol. The van der Waals surface area contributed by atoms with Crippen LogP contribution in [0.15, 0.2) is 0 Å². The Kier molecular flexibility index (Phi) is 5.12. The van der Waals surface area contributed by atoms with Gasteiger partial charge in [0.15, 0.2) is 0 Å². The van der Waals surface area contributed by atoms with Gasteiger partial charge in [-0.1, -0.05) is 0 Å². The van der Waals surface area contributed by atoms with Gasteiger partial charge in [0.05, 0.1) is 0 Å². The SMILES string of the molecule is NC(=O)COCC(=O)N(N1CCCC1)N1CCCC1. The Balaban J connectivity index is 1.91. The van der Waals surface area contributed by atoms with Crippen LogP contribution in [0.3, 0.4) is 0 Å². The Labute approximate surface area is 113 Å². The zero-order valence-electron chi connectivity index (χ0n) is 11.2. The molecule has 7 heteroatoms. The highest BCUT2D eigenvalue weighted by atomic mass is 16.5. The molecule has 0 bridgehead atoms. The lowest BCUT2D eigenvalue weighted by molar-refractivity contribution is -0.194. The molecule has 0 spiro atoms. The number of ether oxygens (including phenoxy) is 1. The largest absolute Gasteiger partial charge is 0.368 e. The van der Waals surface area contributed by atoms with Gasteiger partial charge in [-0.2, -0.15) is 5.12 Å². The van der Waals surface area contributed by atoms with E-state index in [0.29, 0.717) is 0 Å². The lowest BCUT2D eigenvalue weighted by Crippen LogP contribution is -2.55. The summed E-state index contributed by atoms with van der Waals surface area (Å²) in [6.07, 6.45) is 4.44. The average molecular weight is 270 g/mol. The summed E-state index contributed by atoms with van der Waals surface area (Å²) in [4.78, 5) is 22.9. The summed E-state index contributed by atoms with van der Waals surface area (Å²) in [5, 5.41) is 5.86. The predicted octanol–water partition coefficient (Wildman–Crippen LogP) is -0.661. The number of hydrogen-bond acceptors (Lipinski definition) is 5. The van der Waals surface area contributed by atoms with E-state index < -0.39 is 5.91 Å². The van der Waals surface area contributed by atoms with Crippen LogP contribution in [0.4, 0.5) is 0 Å². The first-order valence-corrected chi connectivity index (χ1v) is 6.87. The maximum absolute atomic E-state index is 12.3. The first-order chi connectivity index (χ1) is 9.18. The second kappa shape index (κ2) is 6.83. The Morgan fingerprint density at radius 1 is 0.947 bits per heavy atom. The number of primary amides is 1. The highest BCUT2D eigenvalue weighted by Crippen LogP contribution is 2.18. The highest BCUT2D eigenvalue weighted by molar-refractivity contribution is 5.78. The van der Waals surface area contributed by atoms with Crippen LogP contribution in [0.25, 0.3) is 0 Å². The van der Waals surface area contributed by atoms with Crippen LogP contribution in [0.2, 0.25) is 0 Å². The van der Waals surface area contributed by atoms with Crippen molar-refractivity contribution in [2.24, 2.45) is 5.73 Å². The molecule has 0 radical (unpaired) electrons. The molecule has 2 aliphatic heterocycles. The first kappa shape index (κ1) is 14.2. The van der Waals surface area contributed by atoms with Gasteiger partial charge in [0.25, 0.3) is 5.91 Å². The Hall–Kier alpha value is -1.18. The van der Waals surface area contributed by atoms with Crippen LogP contribution in [-0.2, 0) is 14.3 Å². The molecule has 0 saturated carbocycles. The van der Waals surface area contributed by atoms with Crippen molar-refractivity contribution in [1.82, 2.24) is 15.1 Å². The molecule has 108 valence electrons. The zero-order valence-corrected chi connectivity index (χ0v) is 11.2. The lowest BCUT2D eigenvalue weighted by atomic mass is 10.4. The number of amides is 2. The van der Waals surface area contributed by atoms with E-state index >= 15 is 0 Å². The van der Waals surface area contributed by atoms with Gasteiger partial charge in [0.1, 0.15) is 13.2 Å². The minimum absolute atomic E-state index is 0.101. The van der Waals surface area contributed by atoms with Gasteiger partial charge < -0.3 is 10.5 Å². The van der Waals surface area contributed by atoms with Crippen molar-refractivity contribution in [3.63, 3.8) is 0 Å². The molecule has 0 aromatic carbocycles. The molecule has 0 atom stereocenters. The van der Waals surface area contributed by atoms with Crippen molar-refractivity contribution < 1.29 is 14.3 Å². The lowest BCUT2D eigenvalue weighted by Gasteiger charge is -2.37. The average Bonchev–Trinajstić information content (AvgIpc) is 3.01. The van der Waals surface area contributed by atoms with E-state index in [1.165, 1.54) is 0 Å². The fourth-order valence-electron chi connectivity index (χ4n) is 2.57. The van der Waals surface area contributed by atoms with Crippen molar-refractivity contribution >= 4 is 11.8 Å². The topological polar surface area (TPSA) is 79.1 Å². The highest BCUT2D eigenvalue weighted by Gasteiger charge is 2.31. The molecule has 2 N–H and O–H groups in total. The minimum Gasteiger partial charge on any atom is -0.368 e. The van der Waals surface area contributed by atoms with E-state index in [2.05, 4.69) is 10.0 Å². The van der Waals surface area contributed by atoms with Crippen LogP contribution in [0.5, 0.6) is 0 Å².